The normalized spacial score (nSPS) is 10.2. The molecule has 0 aliphatic heterocycles. The number of hydrogen-bond acceptors (Lipinski definition) is 2. The monoisotopic (exact) mass is 285 g/mol. The molecule has 2 aromatic carbocycles. The van der Waals surface area contributed by atoms with Crippen LogP contribution in [0.15, 0.2) is 60.7 Å². The van der Waals surface area contributed by atoms with Gasteiger partial charge in [0, 0.05) is 12.6 Å². The van der Waals surface area contributed by atoms with Crippen LogP contribution in [0.25, 0.3) is 0 Å². The Morgan fingerprint density at radius 3 is 1.81 bits per heavy atom. The Labute approximate surface area is 129 Å². The van der Waals surface area contributed by atoms with Crippen LogP contribution in [-0.4, -0.2) is 12.1 Å². The predicted octanol–water partition coefficient (Wildman–Crippen LogP) is 4.66. The van der Waals surface area contributed by atoms with Crippen molar-refractivity contribution < 1.29 is 4.74 Å². The van der Waals surface area contributed by atoms with Crippen LogP contribution in [-0.2, 0) is 6.54 Å². The van der Waals surface area contributed by atoms with E-state index in [0.29, 0.717) is 6.04 Å². The van der Waals surface area contributed by atoms with Gasteiger partial charge in [-0.15, -0.1) is 0 Å². The number of para-hydroxylation sites is 1. The number of rotatable bonds is 5. The van der Waals surface area contributed by atoms with Crippen molar-refractivity contribution in [2.75, 3.05) is 0 Å². The summed E-state index contributed by atoms with van der Waals surface area (Å²) in [6.45, 7) is 9.32. The Morgan fingerprint density at radius 2 is 1.33 bits per heavy atom. The van der Waals surface area contributed by atoms with Crippen molar-refractivity contribution in [2.24, 2.45) is 0 Å². The molecule has 0 saturated carbocycles. The second-order valence-corrected chi connectivity index (χ2v) is 5.50. The van der Waals surface area contributed by atoms with E-state index in [1.165, 1.54) is 5.56 Å². The van der Waals surface area contributed by atoms with E-state index >= 15 is 0 Å². The lowest BCUT2D eigenvalue weighted by Gasteiger charge is -2.07. The fraction of sp³-hybridized carbons (Fsp3) is 0.368. The molecule has 2 heteroatoms. The molecule has 0 fully saturated rings. The number of benzene rings is 2. The van der Waals surface area contributed by atoms with Crippen molar-refractivity contribution in [1.29, 1.82) is 0 Å². The van der Waals surface area contributed by atoms with E-state index in [1.807, 2.05) is 50.2 Å². The lowest BCUT2D eigenvalue weighted by molar-refractivity contribution is 0.242. The highest BCUT2D eigenvalue weighted by Gasteiger charge is 1.93. The molecule has 2 aromatic rings. The van der Waals surface area contributed by atoms with Gasteiger partial charge in [0.05, 0.1) is 6.10 Å². The van der Waals surface area contributed by atoms with Gasteiger partial charge in [-0.3, -0.25) is 0 Å². The van der Waals surface area contributed by atoms with E-state index in [2.05, 4.69) is 43.4 Å². The van der Waals surface area contributed by atoms with Gasteiger partial charge in [-0.05, 0) is 31.5 Å². The number of ether oxygens (including phenoxy) is 1. The molecular weight excluding hydrogens is 258 g/mol. The maximum absolute atomic E-state index is 5.41. The second kappa shape index (κ2) is 10.0. The second-order valence-electron chi connectivity index (χ2n) is 5.50. The molecule has 0 amide bonds. The molecule has 2 nitrogen and oxygen atoms in total. The van der Waals surface area contributed by atoms with Crippen molar-refractivity contribution in [1.82, 2.24) is 5.32 Å². The van der Waals surface area contributed by atoms with Crippen molar-refractivity contribution in [3.05, 3.63) is 66.2 Å². The number of nitrogens with one attached hydrogen (secondary N) is 1. The minimum atomic E-state index is 0.266. The standard InChI is InChI=1S/C10H15N.C9H12O/c1-9(2)11-8-10-6-4-3-5-7-10;1-8(2)10-9-6-4-3-5-7-9/h3-7,9,11H,8H2,1-2H3;3-8H,1-2H3. The maximum Gasteiger partial charge on any atom is 0.119 e. The van der Waals surface area contributed by atoms with Gasteiger partial charge in [0.25, 0.3) is 0 Å². The fourth-order valence-electron chi connectivity index (χ4n) is 1.69. The van der Waals surface area contributed by atoms with Crippen LogP contribution in [0.5, 0.6) is 5.75 Å². The van der Waals surface area contributed by atoms with Crippen LogP contribution in [0, 0.1) is 0 Å². The highest BCUT2D eigenvalue weighted by Crippen LogP contribution is 2.09. The lowest BCUT2D eigenvalue weighted by atomic mass is 10.2. The first-order chi connectivity index (χ1) is 10.1. The third-order valence-electron chi connectivity index (χ3n) is 2.67. The first kappa shape index (κ1) is 17.3. The Hall–Kier alpha value is -1.80. The smallest absolute Gasteiger partial charge is 0.119 e. The Bertz CT molecular complexity index is 465. The molecule has 2 rings (SSSR count). The Kier molecular flexibility index (Phi) is 8.22. The summed E-state index contributed by atoms with van der Waals surface area (Å²) in [4.78, 5) is 0. The van der Waals surface area contributed by atoms with E-state index in [0.717, 1.165) is 12.3 Å². The summed E-state index contributed by atoms with van der Waals surface area (Å²) < 4.78 is 5.41. The van der Waals surface area contributed by atoms with Crippen LogP contribution in [0.3, 0.4) is 0 Å². The zero-order valence-electron chi connectivity index (χ0n) is 13.5. The molecule has 0 saturated heterocycles. The Morgan fingerprint density at radius 1 is 0.810 bits per heavy atom. The van der Waals surface area contributed by atoms with Gasteiger partial charge in [0.15, 0.2) is 0 Å². The zero-order valence-corrected chi connectivity index (χ0v) is 13.5. The first-order valence-electron chi connectivity index (χ1n) is 7.57. The fourth-order valence-corrected chi connectivity index (χ4v) is 1.69. The topological polar surface area (TPSA) is 21.3 Å². The van der Waals surface area contributed by atoms with Crippen molar-refractivity contribution in [2.45, 2.75) is 46.4 Å². The van der Waals surface area contributed by atoms with Crippen molar-refractivity contribution in [3.8, 4) is 5.75 Å². The third-order valence-corrected chi connectivity index (χ3v) is 2.67. The molecule has 114 valence electrons. The summed E-state index contributed by atoms with van der Waals surface area (Å²) in [5.74, 6) is 0.942. The highest BCUT2D eigenvalue weighted by molar-refractivity contribution is 5.21. The predicted molar refractivity (Wildman–Crippen MR) is 90.6 cm³/mol. The van der Waals surface area contributed by atoms with Crippen LogP contribution in [0.2, 0.25) is 0 Å². The van der Waals surface area contributed by atoms with Crippen LogP contribution in [0.4, 0.5) is 0 Å². The molecule has 1 N–H and O–H groups in total. The molecule has 0 radical (unpaired) electrons. The van der Waals surface area contributed by atoms with Gasteiger partial charge in [-0.1, -0.05) is 62.4 Å². The van der Waals surface area contributed by atoms with E-state index in [1.54, 1.807) is 0 Å². The van der Waals surface area contributed by atoms with Gasteiger partial charge in [-0.25, -0.2) is 0 Å². The molecule has 21 heavy (non-hydrogen) atoms. The molecule has 0 spiro atoms. The summed E-state index contributed by atoms with van der Waals surface area (Å²) in [6.07, 6.45) is 0.266. The van der Waals surface area contributed by atoms with Crippen LogP contribution in [0.1, 0.15) is 33.3 Å². The summed E-state index contributed by atoms with van der Waals surface area (Å²) in [5, 5.41) is 3.36. The third kappa shape index (κ3) is 8.87. The zero-order chi connectivity index (χ0) is 15.5. The van der Waals surface area contributed by atoms with Crippen molar-refractivity contribution in [3.63, 3.8) is 0 Å². The van der Waals surface area contributed by atoms with Gasteiger partial charge in [-0.2, -0.15) is 0 Å². The highest BCUT2D eigenvalue weighted by atomic mass is 16.5. The number of hydrogen-bond donors (Lipinski definition) is 1. The molecular formula is C19H27NO. The first-order valence-corrected chi connectivity index (χ1v) is 7.57. The quantitative estimate of drug-likeness (QED) is 0.862. The molecule has 0 aliphatic rings. The van der Waals surface area contributed by atoms with Crippen LogP contribution >= 0.6 is 0 Å². The largest absolute Gasteiger partial charge is 0.491 e. The van der Waals surface area contributed by atoms with Gasteiger partial charge < -0.3 is 10.1 Å². The lowest BCUT2D eigenvalue weighted by Crippen LogP contribution is -2.21. The van der Waals surface area contributed by atoms with Crippen LogP contribution < -0.4 is 10.1 Å². The summed E-state index contributed by atoms with van der Waals surface area (Å²) in [6, 6.07) is 20.8. The SMILES string of the molecule is CC(C)NCc1ccccc1.CC(C)Oc1ccccc1. The molecule has 0 bridgehead atoms. The average molecular weight is 285 g/mol. The molecule has 0 aromatic heterocycles. The molecule has 0 aliphatic carbocycles. The summed E-state index contributed by atoms with van der Waals surface area (Å²) in [7, 11) is 0. The molecule has 0 atom stereocenters. The minimum Gasteiger partial charge on any atom is -0.491 e. The maximum atomic E-state index is 5.41. The summed E-state index contributed by atoms with van der Waals surface area (Å²) >= 11 is 0. The van der Waals surface area contributed by atoms with E-state index in [9.17, 15) is 0 Å². The molecule has 0 unspecified atom stereocenters. The average Bonchev–Trinajstić information content (AvgIpc) is 2.47. The summed E-state index contributed by atoms with van der Waals surface area (Å²) in [5.41, 5.74) is 1.35. The van der Waals surface area contributed by atoms with Gasteiger partial charge in [0.1, 0.15) is 5.75 Å². The van der Waals surface area contributed by atoms with E-state index < -0.39 is 0 Å². The van der Waals surface area contributed by atoms with Gasteiger partial charge >= 0.3 is 0 Å². The Balaban J connectivity index is 0.000000211. The van der Waals surface area contributed by atoms with E-state index in [4.69, 9.17) is 4.74 Å². The van der Waals surface area contributed by atoms with Crippen molar-refractivity contribution >= 4 is 0 Å². The van der Waals surface area contributed by atoms with Gasteiger partial charge in [0.2, 0.25) is 0 Å². The minimum absolute atomic E-state index is 0.266. The van der Waals surface area contributed by atoms with E-state index in [-0.39, 0.29) is 6.10 Å². The molecule has 0 heterocycles.